The normalized spacial score (nSPS) is 12.7. The molecule has 0 radical (unpaired) electrons. The molecule has 0 aliphatic rings. The average molecular weight is 858 g/mol. The minimum absolute atomic E-state index is 0.0165. The van der Waals surface area contributed by atoms with E-state index in [0.29, 0.717) is 45.3 Å². The molecule has 0 rings (SSSR count). The van der Waals surface area contributed by atoms with Crippen LogP contribution in [0.2, 0.25) is 0 Å². The summed E-state index contributed by atoms with van der Waals surface area (Å²) in [6.45, 7) is 14.9. The number of hydrogen-bond acceptors (Lipinski definition) is 12. The van der Waals surface area contributed by atoms with Gasteiger partial charge in [-0.1, -0.05) is 131 Å². The molecule has 0 aromatic carbocycles. The first-order valence-electron chi connectivity index (χ1n) is 24.3. The Labute approximate surface area is 366 Å². The maximum Gasteiger partial charge on any atom is 0.508 e. The number of carbonyl (C=O) groups is 3. The van der Waals surface area contributed by atoms with E-state index in [0.717, 1.165) is 90.3 Å². The molecule has 354 valence electrons. The van der Waals surface area contributed by atoms with Crippen LogP contribution in [0.1, 0.15) is 202 Å². The van der Waals surface area contributed by atoms with Gasteiger partial charge in [0.05, 0.1) is 32.0 Å². The number of hydrogen-bond donors (Lipinski definition) is 1. The van der Waals surface area contributed by atoms with Crippen LogP contribution >= 0.6 is 0 Å². The van der Waals surface area contributed by atoms with Gasteiger partial charge in [0.1, 0.15) is 6.61 Å². The highest BCUT2D eigenvalue weighted by Crippen LogP contribution is 2.15. The molecule has 0 aromatic heterocycles. The van der Waals surface area contributed by atoms with Crippen molar-refractivity contribution >= 4 is 18.1 Å². The van der Waals surface area contributed by atoms with Gasteiger partial charge in [0.15, 0.2) is 12.6 Å². The van der Waals surface area contributed by atoms with Crippen LogP contribution in [0.3, 0.4) is 0 Å². The number of esters is 2. The van der Waals surface area contributed by atoms with Crippen LogP contribution < -0.4 is 0 Å². The highest BCUT2D eigenvalue weighted by Gasteiger charge is 2.20. The minimum Gasteiger partial charge on any atom is -0.465 e. The van der Waals surface area contributed by atoms with Gasteiger partial charge in [-0.15, -0.1) is 0 Å². The zero-order valence-corrected chi connectivity index (χ0v) is 39.1. The second kappa shape index (κ2) is 44.8. The van der Waals surface area contributed by atoms with Gasteiger partial charge in [-0.3, -0.25) is 9.59 Å². The molecule has 12 heteroatoms. The molecule has 1 N–H and O–H groups in total. The first-order chi connectivity index (χ1) is 29.3. The fourth-order valence-corrected chi connectivity index (χ4v) is 6.49. The zero-order chi connectivity index (χ0) is 44.2. The maximum absolute atomic E-state index is 12.6. The molecule has 0 aliphatic heterocycles. The fourth-order valence-electron chi connectivity index (χ4n) is 6.49. The minimum atomic E-state index is -1.10. The number of ether oxygens (including phenoxy) is 7. The van der Waals surface area contributed by atoms with Crippen LogP contribution in [-0.4, -0.2) is 100.0 Å². The van der Waals surface area contributed by atoms with Crippen LogP contribution in [0.5, 0.6) is 0 Å². The Bertz CT molecular complexity index is 975. The second-order valence-electron chi connectivity index (χ2n) is 16.0. The van der Waals surface area contributed by atoms with E-state index in [-0.39, 0.29) is 44.8 Å². The lowest BCUT2D eigenvalue weighted by Crippen LogP contribution is -2.29. The van der Waals surface area contributed by atoms with Gasteiger partial charge in [-0.25, -0.2) is 4.79 Å². The van der Waals surface area contributed by atoms with Gasteiger partial charge in [0.25, 0.3) is 0 Å². The lowest BCUT2D eigenvalue weighted by atomic mass is 10.1. The number of allylic oxidation sites excluding steroid dienone is 1. The summed E-state index contributed by atoms with van der Waals surface area (Å²) < 4.78 is 39.4. The van der Waals surface area contributed by atoms with Crippen LogP contribution in [0.15, 0.2) is 12.3 Å². The number of rotatable bonds is 45. The summed E-state index contributed by atoms with van der Waals surface area (Å²) in [4.78, 5) is 39.2. The smallest absolute Gasteiger partial charge is 0.465 e. The summed E-state index contributed by atoms with van der Waals surface area (Å²) in [5.74, 6) is -1.06. The second-order valence-corrected chi connectivity index (χ2v) is 16.0. The number of aliphatic hydroxyl groups is 1. The standard InChI is InChI=1S/C48H91NO11/c1-6-11-14-17-23-28-37-55-47(56-38-29-24-18-15-12-7-2)34-33-46(52)59-41-43(42-60-48(53)57-39-30-35-49(9-4)10-5)40-58-45(51)32-26-21-19-20-25-31-44(50)54-36-27-22-16-13-8-3/h27,36,43,46-47,52H,6-26,28-35,37-42H2,1-5H3/b36-27-. The predicted molar refractivity (Wildman–Crippen MR) is 239 cm³/mol. The van der Waals surface area contributed by atoms with Crippen molar-refractivity contribution in [2.75, 3.05) is 59.3 Å². The summed E-state index contributed by atoms with van der Waals surface area (Å²) in [6, 6.07) is 0. The molecular formula is C48H91NO11. The first-order valence-corrected chi connectivity index (χ1v) is 24.3. The number of unbranched alkanes of at least 4 members (excludes halogenated alkanes) is 17. The Kier molecular flexibility index (Phi) is 43.1. The molecule has 0 fully saturated rings. The first kappa shape index (κ1) is 57.8. The lowest BCUT2D eigenvalue weighted by Gasteiger charge is -2.22. The lowest BCUT2D eigenvalue weighted by molar-refractivity contribution is -0.170. The van der Waals surface area contributed by atoms with E-state index in [4.69, 9.17) is 33.2 Å². The molecular weight excluding hydrogens is 767 g/mol. The number of aliphatic hydroxyl groups excluding tert-OH is 1. The van der Waals surface area contributed by atoms with Crippen molar-refractivity contribution in [2.24, 2.45) is 5.92 Å². The van der Waals surface area contributed by atoms with E-state index in [1.54, 1.807) is 0 Å². The summed E-state index contributed by atoms with van der Waals surface area (Å²) in [5, 5.41) is 10.8. The monoisotopic (exact) mass is 858 g/mol. The van der Waals surface area contributed by atoms with Crippen molar-refractivity contribution in [2.45, 2.75) is 214 Å². The van der Waals surface area contributed by atoms with Crippen LogP contribution in [-0.2, 0) is 42.7 Å². The van der Waals surface area contributed by atoms with Crippen LogP contribution in [0.4, 0.5) is 4.79 Å². The Morgan fingerprint density at radius 3 is 1.67 bits per heavy atom. The van der Waals surface area contributed by atoms with E-state index in [2.05, 4.69) is 39.5 Å². The Morgan fingerprint density at radius 1 is 0.533 bits per heavy atom. The van der Waals surface area contributed by atoms with Crippen molar-refractivity contribution < 1.29 is 52.6 Å². The van der Waals surface area contributed by atoms with E-state index in [1.807, 2.05) is 6.08 Å². The van der Waals surface area contributed by atoms with Crippen LogP contribution in [0, 0.1) is 5.92 Å². The van der Waals surface area contributed by atoms with Gasteiger partial charge in [-0.05, 0) is 64.1 Å². The Balaban J connectivity index is 4.87. The summed E-state index contributed by atoms with van der Waals surface area (Å²) in [5.41, 5.74) is 0. The van der Waals surface area contributed by atoms with E-state index >= 15 is 0 Å². The molecule has 0 aliphatic carbocycles. The Hall–Kier alpha value is -2.25. The molecule has 0 spiro atoms. The third-order valence-corrected chi connectivity index (χ3v) is 10.5. The largest absolute Gasteiger partial charge is 0.508 e. The number of nitrogens with zero attached hydrogens (tertiary/aromatic N) is 1. The predicted octanol–water partition coefficient (Wildman–Crippen LogP) is 11.6. The summed E-state index contributed by atoms with van der Waals surface area (Å²) in [6.07, 6.45) is 25.7. The molecule has 12 nitrogen and oxygen atoms in total. The number of carbonyl (C=O) groups excluding carboxylic acids is 3. The third-order valence-electron chi connectivity index (χ3n) is 10.5. The third kappa shape index (κ3) is 39.9. The van der Waals surface area contributed by atoms with Crippen molar-refractivity contribution in [1.29, 1.82) is 0 Å². The molecule has 0 bridgehead atoms. The van der Waals surface area contributed by atoms with Gasteiger partial charge < -0.3 is 43.2 Å². The highest BCUT2D eigenvalue weighted by atomic mass is 16.7. The molecule has 2 unspecified atom stereocenters. The summed E-state index contributed by atoms with van der Waals surface area (Å²) in [7, 11) is 0. The van der Waals surface area contributed by atoms with E-state index < -0.39 is 24.7 Å². The topological polar surface area (TPSA) is 139 Å². The van der Waals surface area contributed by atoms with Crippen LogP contribution in [0.25, 0.3) is 0 Å². The van der Waals surface area contributed by atoms with Crippen molar-refractivity contribution in [1.82, 2.24) is 4.90 Å². The van der Waals surface area contributed by atoms with Crippen molar-refractivity contribution in [3.8, 4) is 0 Å². The molecule has 0 heterocycles. The molecule has 60 heavy (non-hydrogen) atoms. The molecule has 0 amide bonds. The summed E-state index contributed by atoms with van der Waals surface area (Å²) >= 11 is 0. The molecule has 2 atom stereocenters. The van der Waals surface area contributed by atoms with E-state index in [1.165, 1.54) is 64.0 Å². The van der Waals surface area contributed by atoms with Gasteiger partial charge in [-0.2, -0.15) is 0 Å². The van der Waals surface area contributed by atoms with Crippen molar-refractivity contribution in [3.63, 3.8) is 0 Å². The SMILES string of the molecule is CCCCC/C=C\OC(=O)CCCCCCCC(=O)OCC(COC(=O)OCCCN(CC)CC)COC(O)CCC(OCCCCCCCC)OCCCCCCCC. The fraction of sp³-hybridized carbons (Fsp3) is 0.896. The Morgan fingerprint density at radius 2 is 1.07 bits per heavy atom. The molecule has 0 saturated heterocycles. The van der Waals surface area contributed by atoms with Gasteiger partial charge in [0.2, 0.25) is 0 Å². The molecule has 0 aromatic rings. The van der Waals surface area contributed by atoms with Gasteiger partial charge in [0, 0.05) is 45.4 Å². The quantitative estimate of drug-likeness (QED) is 0.0205. The zero-order valence-electron chi connectivity index (χ0n) is 39.1. The maximum atomic E-state index is 12.6. The van der Waals surface area contributed by atoms with Gasteiger partial charge >= 0.3 is 18.1 Å². The van der Waals surface area contributed by atoms with Crippen molar-refractivity contribution in [3.05, 3.63) is 12.3 Å². The van der Waals surface area contributed by atoms with E-state index in [9.17, 15) is 19.5 Å². The highest BCUT2D eigenvalue weighted by molar-refractivity contribution is 5.70. The molecule has 0 saturated carbocycles. The average Bonchev–Trinajstić information content (AvgIpc) is 3.25.